The van der Waals surface area contributed by atoms with E-state index in [0.717, 1.165) is 23.8 Å². The maximum absolute atomic E-state index is 12.1. The Bertz CT molecular complexity index is 539. The Hall–Kier alpha value is -1.56. The SMILES string of the molecule is CCNC(=NCc1cccc(OC)c1)NCCS(=O)C(C)(C)C. The van der Waals surface area contributed by atoms with Crippen molar-refractivity contribution >= 4 is 16.8 Å². The van der Waals surface area contributed by atoms with Gasteiger partial charge in [0.15, 0.2) is 5.96 Å². The van der Waals surface area contributed by atoms with E-state index in [4.69, 9.17) is 4.74 Å². The topological polar surface area (TPSA) is 62.7 Å². The minimum Gasteiger partial charge on any atom is -0.497 e. The van der Waals surface area contributed by atoms with Crippen molar-refractivity contribution in [2.45, 2.75) is 39.0 Å². The lowest BCUT2D eigenvalue weighted by Crippen LogP contribution is -2.40. The Morgan fingerprint density at radius 2 is 2.04 bits per heavy atom. The molecule has 130 valence electrons. The van der Waals surface area contributed by atoms with E-state index in [1.165, 1.54) is 0 Å². The summed E-state index contributed by atoms with van der Waals surface area (Å²) < 4.78 is 17.1. The van der Waals surface area contributed by atoms with Crippen molar-refractivity contribution in [2.24, 2.45) is 4.99 Å². The van der Waals surface area contributed by atoms with E-state index < -0.39 is 10.8 Å². The molecule has 5 nitrogen and oxygen atoms in total. The quantitative estimate of drug-likeness (QED) is 0.591. The predicted molar refractivity (Wildman–Crippen MR) is 98.6 cm³/mol. The first-order valence-corrected chi connectivity index (χ1v) is 9.22. The van der Waals surface area contributed by atoms with Crippen LogP contribution in [0.2, 0.25) is 0 Å². The number of guanidine groups is 1. The molecule has 0 aromatic heterocycles. The number of rotatable bonds is 7. The molecule has 1 atom stereocenters. The van der Waals surface area contributed by atoms with Crippen molar-refractivity contribution in [3.05, 3.63) is 29.8 Å². The van der Waals surface area contributed by atoms with Gasteiger partial charge < -0.3 is 15.4 Å². The van der Waals surface area contributed by atoms with E-state index >= 15 is 0 Å². The van der Waals surface area contributed by atoms with E-state index in [1.54, 1.807) is 7.11 Å². The molecule has 23 heavy (non-hydrogen) atoms. The Labute approximate surface area is 142 Å². The van der Waals surface area contributed by atoms with Gasteiger partial charge >= 0.3 is 0 Å². The van der Waals surface area contributed by atoms with Crippen LogP contribution in [-0.2, 0) is 17.3 Å². The standard InChI is InChI=1S/C17H29N3O2S/c1-6-18-16(19-10-11-23(21)17(2,3)4)20-13-14-8-7-9-15(12-14)22-5/h7-9,12H,6,10-11,13H2,1-5H3,(H2,18,19,20). The number of aliphatic imine (C=N–C) groups is 1. The highest BCUT2D eigenvalue weighted by Gasteiger charge is 2.18. The van der Waals surface area contributed by atoms with Crippen LogP contribution in [0.25, 0.3) is 0 Å². The number of hydrogen-bond donors (Lipinski definition) is 2. The van der Waals surface area contributed by atoms with Crippen LogP contribution < -0.4 is 15.4 Å². The van der Waals surface area contributed by atoms with Gasteiger partial charge in [-0.1, -0.05) is 12.1 Å². The minimum absolute atomic E-state index is 0.183. The van der Waals surface area contributed by atoms with Crippen molar-refractivity contribution in [1.82, 2.24) is 10.6 Å². The van der Waals surface area contributed by atoms with Crippen molar-refractivity contribution in [1.29, 1.82) is 0 Å². The highest BCUT2D eigenvalue weighted by Crippen LogP contribution is 2.13. The summed E-state index contributed by atoms with van der Waals surface area (Å²) in [5.41, 5.74) is 1.08. The average Bonchev–Trinajstić information content (AvgIpc) is 2.51. The molecular formula is C17H29N3O2S. The van der Waals surface area contributed by atoms with Crippen LogP contribution in [0.3, 0.4) is 0 Å². The van der Waals surface area contributed by atoms with Crippen LogP contribution in [0.15, 0.2) is 29.3 Å². The second-order valence-corrected chi connectivity index (χ2v) is 8.46. The highest BCUT2D eigenvalue weighted by molar-refractivity contribution is 7.86. The smallest absolute Gasteiger partial charge is 0.191 e. The molecule has 0 saturated heterocycles. The lowest BCUT2D eigenvalue weighted by molar-refractivity contribution is 0.414. The van der Waals surface area contributed by atoms with Crippen LogP contribution in [0, 0.1) is 0 Å². The third-order valence-corrected chi connectivity index (χ3v) is 5.10. The number of methoxy groups -OCH3 is 1. The van der Waals surface area contributed by atoms with Crippen molar-refractivity contribution in [3.8, 4) is 5.75 Å². The lowest BCUT2D eigenvalue weighted by Gasteiger charge is -2.18. The van der Waals surface area contributed by atoms with Gasteiger partial charge in [-0.3, -0.25) is 4.21 Å². The summed E-state index contributed by atoms with van der Waals surface area (Å²) in [6.07, 6.45) is 0. The Morgan fingerprint density at radius 3 is 2.65 bits per heavy atom. The first-order chi connectivity index (χ1) is 10.9. The predicted octanol–water partition coefficient (Wildman–Crippen LogP) is 2.30. The Kier molecular flexibility index (Phi) is 8.09. The first kappa shape index (κ1) is 19.5. The van der Waals surface area contributed by atoms with Crippen LogP contribution >= 0.6 is 0 Å². The molecule has 0 spiro atoms. The van der Waals surface area contributed by atoms with Crippen molar-refractivity contribution in [2.75, 3.05) is 26.0 Å². The fourth-order valence-corrected chi connectivity index (χ4v) is 2.75. The molecule has 0 radical (unpaired) electrons. The largest absolute Gasteiger partial charge is 0.497 e. The lowest BCUT2D eigenvalue weighted by atomic mass is 10.2. The summed E-state index contributed by atoms with van der Waals surface area (Å²) in [5.74, 6) is 2.17. The fraction of sp³-hybridized carbons (Fsp3) is 0.588. The first-order valence-electron chi connectivity index (χ1n) is 7.90. The fourth-order valence-electron chi connectivity index (χ4n) is 1.85. The van der Waals surface area contributed by atoms with Gasteiger partial charge in [-0.2, -0.15) is 0 Å². The van der Waals surface area contributed by atoms with Gasteiger partial charge in [-0.05, 0) is 45.4 Å². The maximum atomic E-state index is 12.1. The van der Waals surface area contributed by atoms with Gasteiger partial charge in [0.25, 0.3) is 0 Å². The molecular weight excluding hydrogens is 310 g/mol. The second-order valence-electron chi connectivity index (χ2n) is 6.14. The van der Waals surface area contributed by atoms with Crippen molar-refractivity contribution < 1.29 is 8.95 Å². The number of nitrogens with one attached hydrogen (secondary N) is 2. The van der Waals surface area contributed by atoms with Gasteiger partial charge in [0.1, 0.15) is 5.75 Å². The molecule has 1 unspecified atom stereocenters. The number of benzene rings is 1. The van der Waals surface area contributed by atoms with Crippen molar-refractivity contribution in [3.63, 3.8) is 0 Å². The zero-order valence-corrected chi connectivity index (χ0v) is 15.6. The molecule has 1 aromatic carbocycles. The van der Waals surface area contributed by atoms with Crippen LogP contribution in [0.1, 0.15) is 33.3 Å². The molecule has 0 amide bonds. The molecule has 0 bridgehead atoms. The summed E-state index contributed by atoms with van der Waals surface area (Å²) in [5, 5.41) is 6.44. The highest BCUT2D eigenvalue weighted by atomic mass is 32.2. The van der Waals surface area contributed by atoms with E-state index in [-0.39, 0.29) is 4.75 Å². The molecule has 0 aliphatic heterocycles. The van der Waals surface area contributed by atoms with Crippen LogP contribution in [0.5, 0.6) is 5.75 Å². The number of nitrogens with zero attached hydrogens (tertiary/aromatic N) is 1. The zero-order valence-electron chi connectivity index (χ0n) is 14.8. The molecule has 0 heterocycles. The Morgan fingerprint density at radius 1 is 1.30 bits per heavy atom. The molecule has 1 aromatic rings. The third-order valence-electron chi connectivity index (χ3n) is 3.16. The average molecular weight is 340 g/mol. The number of ether oxygens (including phenoxy) is 1. The summed E-state index contributed by atoms with van der Waals surface area (Å²) in [6.45, 7) is 9.98. The van der Waals surface area contributed by atoms with E-state index in [2.05, 4.69) is 15.6 Å². The van der Waals surface area contributed by atoms with E-state index in [0.29, 0.717) is 18.8 Å². The van der Waals surface area contributed by atoms with Gasteiger partial charge in [0, 0.05) is 34.4 Å². The monoisotopic (exact) mass is 339 g/mol. The second kappa shape index (κ2) is 9.55. The minimum atomic E-state index is -0.864. The number of hydrogen-bond acceptors (Lipinski definition) is 3. The third kappa shape index (κ3) is 7.50. The normalized spacial score (nSPS) is 13.5. The molecule has 1 rings (SSSR count). The molecule has 0 fully saturated rings. The molecule has 6 heteroatoms. The van der Waals surface area contributed by atoms with Crippen LogP contribution in [0.4, 0.5) is 0 Å². The molecule has 0 aliphatic carbocycles. The maximum Gasteiger partial charge on any atom is 0.191 e. The molecule has 2 N–H and O–H groups in total. The molecule has 0 saturated carbocycles. The van der Waals surface area contributed by atoms with Gasteiger partial charge in [0.05, 0.1) is 13.7 Å². The zero-order chi connectivity index (χ0) is 17.3. The van der Waals surface area contributed by atoms with E-state index in [9.17, 15) is 4.21 Å². The van der Waals surface area contributed by atoms with Gasteiger partial charge in [0.2, 0.25) is 0 Å². The summed E-state index contributed by atoms with van der Waals surface area (Å²) in [6, 6.07) is 7.86. The van der Waals surface area contributed by atoms with E-state index in [1.807, 2.05) is 52.0 Å². The van der Waals surface area contributed by atoms with Crippen LogP contribution in [-0.4, -0.2) is 40.9 Å². The van der Waals surface area contributed by atoms with Gasteiger partial charge in [-0.15, -0.1) is 0 Å². The van der Waals surface area contributed by atoms with Gasteiger partial charge in [-0.25, -0.2) is 4.99 Å². The molecule has 0 aliphatic rings. The Balaban J connectivity index is 2.57. The summed E-state index contributed by atoms with van der Waals surface area (Å²) >= 11 is 0. The summed E-state index contributed by atoms with van der Waals surface area (Å²) in [4.78, 5) is 4.56. The summed E-state index contributed by atoms with van der Waals surface area (Å²) in [7, 11) is 0.792.